The average Bonchev–Trinajstić information content (AvgIpc) is 2.60. The standard InChI is InChI=1S/C16H15F5N4O2/c1-25(23-7-22-8-26)13-11(6-12(16(19,20)21)24-15(13)27)9-2-4-10(5-3-9)14(17)18/h2-5,7-8,12,14H,6H2,1H3,(H,24,27)(H,22,23,26). The van der Waals surface area contributed by atoms with Crippen molar-refractivity contribution >= 4 is 24.2 Å². The fourth-order valence-electron chi connectivity index (χ4n) is 2.55. The lowest BCUT2D eigenvalue weighted by Crippen LogP contribution is -2.50. The smallest absolute Gasteiger partial charge is 0.339 e. The van der Waals surface area contributed by atoms with Gasteiger partial charge in [-0.1, -0.05) is 24.3 Å². The predicted octanol–water partition coefficient (Wildman–Crippen LogP) is 2.41. The Morgan fingerprint density at radius 2 is 1.93 bits per heavy atom. The van der Waals surface area contributed by atoms with Crippen LogP contribution >= 0.6 is 0 Å². The van der Waals surface area contributed by atoms with Crippen LogP contribution in [-0.4, -0.2) is 42.9 Å². The molecular weight excluding hydrogens is 375 g/mol. The van der Waals surface area contributed by atoms with Crippen molar-refractivity contribution in [2.24, 2.45) is 5.10 Å². The first kappa shape index (κ1) is 20.3. The Morgan fingerprint density at radius 1 is 1.30 bits per heavy atom. The molecule has 2 rings (SSSR count). The molecule has 1 aromatic carbocycles. The molecule has 1 aromatic rings. The summed E-state index contributed by atoms with van der Waals surface area (Å²) in [6.45, 7) is 0. The third kappa shape index (κ3) is 4.80. The molecule has 11 heteroatoms. The van der Waals surface area contributed by atoms with Crippen LogP contribution in [0.3, 0.4) is 0 Å². The molecule has 0 aliphatic carbocycles. The number of hydrogen-bond acceptors (Lipinski definition) is 4. The molecule has 1 aliphatic rings. The Bertz CT molecular complexity index is 759. The largest absolute Gasteiger partial charge is 0.408 e. The number of benzene rings is 1. The van der Waals surface area contributed by atoms with Crippen molar-refractivity contribution in [1.82, 2.24) is 15.6 Å². The number of alkyl halides is 5. The van der Waals surface area contributed by atoms with Gasteiger partial charge in [0.05, 0.1) is 0 Å². The van der Waals surface area contributed by atoms with Gasteiger partial charge in [0.25, 0.3) is 12.3 Å². The second-order valence-electron chi connectivity index (χ2n) is 5.57. The molecule has 0 saturated heterocycles. The predicted molar refractivity (Wildman–Crippen MR) is 86.4 cm³/mol. The monoisotopic (exact) mass is 390 g/mol. The van der Waals surface area contributed by atoms with Gasteiger partial charge in [-0.15, -0.1) is 0 Å². The Hall–Kier alpha value is -2.98. The van der Waals surface area contributed by atoms with E-state index in [0.717, 1.165) is 23.5 Å². The third-order valence-corrected chi connectivity index (χ3v) is 3.82. The highest BCUT2D eigenvalue weighted by Crippen LogP contribution is 2.35. The fourth-order valence-corrected chi connectivity index (χ4v) is 2.55. The van der Waals surface area contributed by atoms with Crippen LogP contribution in [-0.2, 0) is 9.59 Å². The first-order chi connectivity index (χ1) is 12.6. The molecule has 1 atom stereocenters. The van der Waals surface area contributed by atoms with Gasteiger partial charge in [0.2, 0.25) is 6.41 Å². The summed E-state index contributed by atoms with van der Waals surface area (Å²) in [7, 11) is 1.30. The average molecular weight is 390 g/mol. The number of carbonyl (C=O) groups is 2. The maximum atomic E-state index is 13.1. The molecule has 2 amide bonds. The van der Waals surface area contributed by atoms with Gasteiger partial charge in [0, 0.05) is 19.0 Å². The highest BCUT2D eigenvalue weighted by molar-refractivity contribution is 6.02. The molecule has 0 radical (unpaired) electrons. The summed E-state index contributed by atoms with van der Waals surface area (Å²) in [5.74, 6) is -1.03. The van der Waals surface area contributed by atoms with Crippen LogP contribution in [0.1, 0.15) is 24.0 Å². The molecule has 0 bridgehead atoms. The zero-order chi connectivity index (χ0) is 20.2. The second kappa shape index (κ2) is 8.14. The summed E-state index contributed by atoms with van der Waals surface area (Å²) >= 11 is 0. The number of halogens is 5. The lowest BCUT2D eigenvalue weighted by Gasteiger charge is -2.31. The van der Waals surface area contributed by atoms with Crippen molar-refractivity contribution in [3.63, 3.8) is 0 Å². The minimum atomic E-state index is -4.68. The molecule has 0 fully saturated rings. The van der Waals surface area contributed by atoms with E-state index in [0.29, 0.717) is 6.41 Å². The van der Waals surface area contributed by atoms with Gasteiger partial charge in [0.15, 0.2) is 0 Å². The molecule has 0 spiro atoms. The molecule has 1 aliphatic heterocycles. The van der Waals surface area contributed by atoms with Crippen LogP contribution in [0, 0.1) is 0 Å². The number of nitrogens with zero attached hydrogens (tertiary/aromatic N) is 2. The van der Waals surface area contributed by atoms with Crippen molar-refractivity contribution in [3.05, 3.63) is 41.1 Å². The highest BCUT2D eigenvalue weighted by atomic mass is 19.4. The van der Waals surface area contributed by atoms with Crippen molar-refractivity contribution in [3.8, 4) is 0 Å². The number of hydrogen-bond donors (Lipinski definition) is 2. The summed E-state index contributed by atoms with van der Waals surface area (Å²) in [5.41, 5.74) is -0.309. The number of rotatable bonds is 6. The van der Waals surface area contributed by atoms with Crippen LogP contribution in [0.5, 0.6) is 0 Å². The molecule has 1 heterocycles. The number of carbonyl (C=O) groups excluding carboxylic acids is 2. The van der Waals surface area contributed by atoms with Crippen molar-refractivity contribution in [2.45, 2.75) is 25.1 Å². The molecule has 0 aromatic heterocycles. The summed E-state index contributed by atoms with van der Waals surface area (Å²) in [6.07, 6.45) is -6.75. The lowest BCUT2D eigenvalue weighted by molar-refractivity contribution is -0.161. The number of likely N-dealkylation sites (N-methyl/N-ethyl adjacent to an activating group) is 1. The van der Waals surface area contributed by atoms with E-state index in [1.165, 1.54) is 19.2 Å². The minimum Gasteiger partial charge on any atom is -0.339 e. The molecular formula is C16H15F5N4O2. The van der Waals surface area contributed by atoms with E-state index < -0.39 is 31.0 Å². The zero-order valence-corrected chi connectivity index (χ0v) is 13.9. The molecule has 6 nitrogen and oxygen atoms in total. The zero-order valence-electron chi connectivity index (χ0n) is 13.9. The van der Waals surface area contributed by atoms with Crippen LogP contribution in [0.25, 0.3) is 5.57 Å². The van der Waals surface area contributed by atoms with Gasteiger partial charge in [-0.25, -0.2) is 8.78 Å². The Kier molecular flexibility index (Phi) is 6.13. The first-order valence-electron chi connectivity index (χ1n) is 7.60. The number of nitrogens with one attached hydrogen (secondary N) is 2. The molecule has 0 saturated carbocycles. The summed E-state index contributed by atoms with van der Waals surface area (Å²) < 4.78 is 64.8. The van der Waals surface area contributed by atoms with Gasteiger partial charge in [-0.2, -0.15) is 18.3 Å². The quantitative estimate of drug-likeness (QED) is 0.258. The number of hydrazone groups is 1. The maximum Gasteiger partial charge on any atom is 0.408 e. The summed E-state index contributed by atoms with van der Waals surface area (Å²) in [6, 6.07) is 2.49. The van der Waals surface area contributed by atoms with E-state index in [-0.39, 0.29) is 22.4 Å². The van der Waals surface area contributed by atoms with Crippen molar-refractivity contribution in [1.29, 1.82) is 0 Å². The Morgan fingerprint density at radius 3 is 2.44 bits per heavy atom. The second-order valence-corrected chi connectivity index (χ2v) is 5.57. The SMILES string of the molecule is CN(/N=C\NC=O)C1=C(c2ccc(C(F)F)cc2)CC(C(F)(F)F)NC1=O. The van der Waals surface area contributed by atoms with Crippen molar-refractivity contribution in [2.75, 3.05) is 7.05 Å². The van der Waals surface area contributed by atoms with Crippen LogP contribution in [0.15, 0.2) is 35.1 Å². The number of amides is 2. The molecule has 27 heavy (non-hydrogen) atoms. The summed E-state index contributed by atoms with van der Waals surface area (Å²) in [5, 5.41) is 8.71. The van der Waals surface area contributed by atoms with Gasteiger partial charge in [0.1, 0.15) is 18.1 Å². The van der Waals surface area contributed by atoms with E-state index >= 15 is 0 Å². The van der Waals surface area contributed by atoms with Gasteiger partial charge < -0.3 is 10.6 Å². The maximum absolute atomic E-state index is 13.1. The van der Waals surface area contributed by atoms with Crippen LogP contribution in [0.4, 0.5) is 22.0 Å². The van der Waals surface area contributed by atoms with Crippen LogP contribution in [0.2, 0.25) is 0 Å². The van der Waals surface area contributed by atoms with Crippen molar-refractivity contribution < 1.29 is 31.5 Å². The van der Waals surface area contributed by atoms with Gasteiger partial charge in [-0.05, 0) is 11.1 Å². The van der Waals surface area contributed by atoms with E-state index in [2.05, 4.69) is 10.4 Å². The first-order valence-corrected chi connectivity index (χ1v) is 7.60. The fraction of sp³-hybridized carbons (Fsp3) is 0.312. The molecule has 146 valence electrons. The Labute approximate surface area is 150 Å². The summed E-state index contributed by atoms with van der Waals surface area (Å²) in [4.78, 5) is 22.5. The highest BCUT2D eigenvalue weighted by Gasteiger charge is 2.45. The third-order valence-electron chi connectivity index (χ3n) is 3.82. The lowest BCUT2D eigenvalue weighted by atomic mass is 9.92. The minimum absolute atomic E-state index is 0.00681. The van der Waals surface area contributed by atoms with E-state index in [1.54, 1.807) is 0 Å². The Balaban J connectivity index is 2.50. The van der Waals surface area contributed by atoms with Crippen LogP contribution < -0.4 is 10.6 Å². The van der Waals surface area contributed by atoms with E-state index in [4.69, 9.17) is 0 Å². The molecule has 1 unspecified atom stereocenters. The normalized spacial score (nSPS) is 18.0. The van der Waals surface area contributed by atoms with E-state index in [9.17, 15) is 31.5 Å². The van der Waals surface area contributed by atoms with E-state index in [1.807, 2.05) is 5.32 Å². The topological polar surface area (TPSA) is 73.8 Å². The van der Waals surface area contributed by atoms with Gasteiger partial charge >= 0.3 is 6.18 Å². The molecule has 2 N–H and O–H groups in total. The van der Waals surface area contributed by atoms with Gasteiger partial charge in [-0.3, -0.25) is 14.6 Å².